The first-order valence-electron chi connectivity index (χ1n) is 9.35. The number of para-hydroxylation sites is 1. The van der Waals surface area contributed by atoms with Gasteiger partial charge in [0.2, 0.25) is 0 Å². The second kappa shape index (κ2) is 8.63. The van der Waals surface area contributed by atoms with Crippen LogP contribution in [0, 0.1) is 5.82 Å². The van der Waals surface area contributed by atoms with Gasteiger partial charge in [0.25, 0.3) is 5.91 Å². The van der Waals surface area contributed by atoms with Crippen LogP contribution in [0.5, 0.6) is 5.75 Å². The van der Waals surface area contributed by atoms with Gasteiger partial charge in [-0.1, -0.05) is 46.3 Å². The van der Waals surface area contributed by atoms with Crippen molar-refractivity contribution >= 4 is 39.3 Å². The first-order valence-corrected chi connectivity index (χ1v) is 10.1. The summed E-state index contributed by atoms with van der Waals surface area (Å²) < 4.78 is 19.9. The fourth-order valence-electron chi connectivity index (χ4n) is 3.09. The molecule has 0 fully saturated rings. The lowest BCUT2D eigenvalue weighted by Crippen LogP contribution is -2.21. The number of hydrazone groups is 1. The molecule has 1 heterocycles. The second-order valence-corrected chi connectivity index (χ2v) is 7.71. The van der Waals surface area contributed by atoms with E-state index in [1.165, 1.54) is 17.1 Å². The molecule has 6 heteroatoms. The summed E-state index contributed by atoms with van der Waals surface area (Å²) in [4.78, 5) is 13.0. The molecule has 1 amide bonds. The van der Waals surface area contributed by atoms with Gasteiger partial charge in [-0.2, -0.15) is 10.1 Å². The van der Waals surface area contributed by atoms with Gasteiger partial charge in [0, 0.05) is 10.0 Å². The van der Waals surface area contributed by atoms with Gasteiger partial charge in [0.1, 0.15) is 18.2 Å². The lowest BCUT2D eigenvalue weighted by Gasteiger charge is -2.12. The van der Waals surface area contributed by atoms with Gasteiger partial charge in [0.15, 0.2) is 0 Å². The first kappa shape index (κ1) is 20.0. The van der Waals surface area contributed by atoms with Crippen LogP contribution in [-0.4, -0.2) is 11.6 Å². The number of carbonyl (C=O) groups excluding carboxylic acids is 1. The molecule has 0 aliphatic carbocycles. The Morgan fingerprint density at radius 1 is 1.07 bits per heavy atom. The van der Waals surface area contributed by atoms with Gasteiger partial charge in [-0.05, 0) is 61.0 Å². The van der Waals surface area contributed by atoms with E-state index in [0.717, 1.165) is 15.6 Å². The van der Waals surface area contributed by atoms with Gasteiger partial charge in [-0.25, -0.2) is 4.39 Å². The molecule has 0 aromatic heterocycles. The van der Waals surface area contributed by atoms with Gasteiger partial charge in [-0.3, -0.25) is 4.79 Å². The monoisotopic (exact) mass is 464 g/mol. The van der Waals surface area contributed by atoms with Crippen LogP contribution < -0.4 is 9.75 Å². The Bertz CT molecular complexity index is 1140. The highest BCUT2D eigenvalue weighted by Crippen LogP contribution is 2.30. The summed E-state index contributed by atoms with van der Waals surface area (Å²) in [7, 11) is 0. The summed E-state index contributed by atoms with van der Waals surface area (Å²) in [6.45, 7) is 2.10. The SMILES string of the molecule is CC1=NN(c2ccccc2)C(=O)/C1=C\c1cc(Br)ccc1OCc1ccc(F)cc1. The zero-order chi connectivity index (χ0) is 21.1. The maximum absolute atomic E-state index is 13.1. The van der Waals surface area contributed by atoms with E-state index >= 15 is 0 Å². The van der Waals surface area contributed by atoms with Gasteiger partial charge in [0.05, 0.1) is 17.0 Å². The predicted molar refractivity (Wildman–Crippen MR) is 120 cm³/mol. The molecule has 0 radical (unpaired) electrons. The van der Waals surface area contributed by atoms with E-state index in [2.05, 4.69) is 21.0 Å². The Labute approximate surface area is 182 Å². The zero-order valence-corrected chi connectivity index (χ0v) is 17.8. The molecule has 4 rings (SSSR count). The number of ether oxygens (including phenoxy) is 1. The Morgan fingerprint density at radius 2 is 1.80 bits per heavy atom. The largest absolute Gasteiger partial charge is 0.488 e. The molecule has 150 valence electrons. The Kier molecular flexibility index (Phi) is 5.77. The Morgan fingerprint density at radius 3 is 2.53 bits per heavy atom. The number of amides is 1. The maximum atomic E-state index is 13.1. The van der Waals surface area contributed by atoms with Crippen molar-refractivity contribution in [2.75, 3.05) is 5.01 Å². The Balaban J connectivity index is 1.61. The van der Waals surface area contributed by atoms with Crippen LogP contribution in [0.2, 0.25) is 0 Å². The topological polar surface area (TPSA) is 41.9 Å². The quantitative estimate of drug-likeness (QED) is 0.436. The van der Waals surface area contributed by atoms with Crippen molar-refractivity contribution in [1.29, 1.82) is 0 Å². The third-order valence-corrected chi connectivity index (χ3v) is 5.14. The average Bonchev–Trinajstić information content (AvgIpc) is 3.03. The highest BCUT2D eigenvalue weighted by molar-refractivity contribution is 9.10. The number of hydrogen-bond donors (Lipinski definition) is 0. The lowest BCUT2D eigenvalue weighted by atomic mass is 10.1. The van der Waals surface area contributed by atoms with Crippen LogP contribution in [0.1, 0.15) is 18.1 Å². The van der Waals surface area contributed by atoms with Crippen LogP contribution >= 0.6 is 15.9 Å². The van der Waals surface area contributed by atoms with E-state index in [1.807, 2.05) is 55.5 Å². The number of rotatable bonds is 5. The molecule has 0 bridgehead atoms. The highest BCUT2D eigenvalue weighted by Gasteiger charge is 2.28. The van der Waals surface area contributed by atoms with E-state index in [-0.39, 0.29) is 18.3 Å². The zero-order valence-electron chi connectivity index (χ0n) is 16.2. The van der Waals surface area contributed by atoms with Gasteiger partial charge >= 0.3 is 0 Å². The molecule has 1 aliphatic rings. The van der Waals surface area contributed by atoms with Crippen LogP contribution in [0.3, 0.4) is 0 Å². The number of nitrogens with zero attached hydrogens (tertiary/aromatic N) is 2. The number of anilines is 1. The third-order valence-electron chi connectivity index (χ3n) is 4.64. The predicted octanol–water partition coefficient (Wildman–Crippen LogP) is 5.97. The molecule has 3 aromatic carbocycles. The third kappa shape index (κ3) is 4.33. The van der Waals surface area contributed by atoms with Crippen molar-refractivity contribution in [2.24, 2.45) is 5.10 Å². The highest BCUT2D eigenvalue weighted by atomic mass is 79.9. The minimum absolute atomic E-state index is 0.192. The average molecular weight is 465 g/mol. The summed E-state index contributed by atoms with van der Waals surface area (Å²) in [5.41, 5.74) is 3.45. The van der Waals surface area contributed by atoms with Crippen molar-refractivity contribution in [3.05, 3.63) is 99.8 Å². The summed E-state index contributed by atoms with van der Waals surface area (Å²) in [5.74, 6) is 0.141. The molecular formula is C24H18BrFN2O2. The fraction of sp³-hybridized carbons (Fsp3) is 0.0833. The molecule has 4 nitrogen and oxygen atoms in total. The molecule has 0 unspecified atom stereocenters. The number of hydrogen-bond acceptors (Lipinski definition) is 3. The molecule has 0 saturated carbocycles. The van der Waals surface area contributed by atoms with E-state index in [9.17, 15) is 9.18 Å². The van der Waals surface area contributed by atoms with E-state index in [4.69, 9.17) is 4.74 Å². The summed E-state index contributed by atoms with van der Waals surface area (Å²) >= 11 is 3.48. The normalized spacial score (nSPS) is 14.9. The lowest BCUT2D eigenvalue weighted by molar-refractivity contribution is -0.114. The first-order chi connectivity index (χ1) is 14.5. The molecule has 3 aromatic rings. The fourth-order valence-corrected chi connectivity index (χ4v) is 3.47. The van der Waals surface area contributed by atoms with Crippen LogP contribution in [-0.2, 0) is 11.4 Å². The number of benzene rings is 3. The van der Waals surface area contributed by atoms with Gasteiger partial charge < -0.3 is 4.74 Å². The van der Waals surface area contributed by atoms with Crippen LogP contribution in [0.4, 0.5) is 10.1 Å². The van der Waals surface area contributed by atoms with Crippen molar-refractivity contribution in [1.82, 2.24) is 0 Å². The van der Waals surface area contributed by atoms with Crippen molar-refractivity contribution < 1.29 is 13.9 Å². The van der Waals surface area contributed by atoms with Crippen molar-refractivity contribution in [3.8, 4) is 5.75 Å². The molecule has 0 saturated heterocycles. The van der Waals surface area contributed by atoms with Crippen LogP contribution in [0.15, 0.2) is 87.9 Å². The summed E-state index contributed by atoms with van der Waals surface area (Å²) in [6.07, 6.45) is 1.79. The van der Waals surface area contributed by atoms with E-state index in [0.29, 0.717) is 22.7 Å². The summed E-state index contributed by atoms with van der Waals surface area (Å²) in [6, 6.07) is 21.1. The Hall–Kier alpha value is -3.25. The van der Waals surface area contributed by atoms with Crippen molar-refractivity contribution in [3.63, 3.8) is 0 Å². The molecule has 0 N–H and O–H groups in total. The second-order valence-electron chi connectivity index (χ2n) is 6.79. The minimum atomic E-state index is -0.287. The summed E-state index contributed by atoms with van der Waals surface area (Å²) in [5, 5.41) is 5.82. The van der Waals surface area contributed by atoms with Gasteiger partial charge in [-0.15, -0.1) is 0 Å². The molecule has 0 atom stereocenters. The molecular weight excluding hydrogens is 447 g/mol. The molecule has 1 aliphatic heterocycles. The maximum Gasteiger partial charge on any atom is 0.280 e. The van der Waals surface area contributed by atoms with E-state index < -0.39 is 0 Å². The van der Waals surface area contributed by atoms with Crippen molar-refractivity contribution in [2.45, 2.75) is 13.5 Å². The molecule has 0 spiro atoms. The van der Waals surface area contributed by atoms with E-state index in [1.54, 1.807) is 18.2 Å². The minimum Gasteiger partial charge on any atom is -0.488 e. The standard InChI is InChI=1S/C24H18BrFN2O2/c1-16-22(24(29)28(27-16)21-5-3-2-4-6-21)14-18-13-19(25)9-12-23(18)30-15-17-7-10-20(26)11-8-17/h2-14H,15H2,1H3/b22-14-. The number of carbonyl (C=O) groups is 1. The van der Waals surface area contributed by atoms with Crippen LogP contribution in [0.25, 0.3) is 6.08 Å². The molecule has 30 heavy (non-hydrogen) atoms. The number of halogens is 2. The smallest absolute Gasteiger partial charge is 0.280 e.